The molecule has 1 aliphatic rings. The Kier molecular flexibility index (Phi) is 9.95. The molecule has 2 heterocycles. The van der Waals surface area contributed by atoms with E-state index in [9.17, 15) is 18.0 Å². The summed E-state index contributed by atoms with van der Waals surface area (Å²) in [7, 11) is -3.82. The van der Waals surface area contributed by atoms with E-state index in [1.807, 2.05) is 62.4 Å². The minimum Gasteiger partial charge on any atom is -0.462 e. The normalized spacial score (nSPS) is 13.6. The minimum absolute atomic E-state index is 0.107. The van der Waals surface area contributed by atoms with Crippen LogP contribution in [-0.2, 0) is 40.8 Å². The number of nitrogens with one attached hydrogen (secondary N) is 1. The Morgan fingerprint density at radius 3 is 2.20 bits per heavy atom. The number of hydrogen-bond acceptors (Lipinski definition) is 7. The molecule has 5 rings (SSSR count). The Balaban J connectivity index is 1.35. The summed E-state index contributed by atoms with van der Waals surface area (Å²) in [5.74, 6) is -0.880. The van der Waals surface area contributed by atoms with E-state index in [2.05, 4.69) is 22.3 Å². The van der Waals surface area contributed by atoms with Crippen molar-refractivity contribution in [2.24, 2.45) is 0 Å². The van der Waals surface area contributed by atoms with Gasteiger partial charge in [-0.25, -0.2) is 13.2 Å². The van der Waals surface area contributed by atoms with Crippen LogP contribution < -0.4 is 5.32 Å². The third kappa shape index (κ3) is 7.10. The smallest absolute Gasteiger partial charge is 0.341 e. The number of sulfonamides is 1. The second-order valence-electron chi connectivity index (χ2n) is 11.0. The van der Waals surface area contributed by atoms with Gasteiger partial charge in [0.25, 0.3) is 5.91 Å². The van der Waals surface area contributed by atoms with Gasteiger partial charge in [-0.2, -0.15) is 4.31 Å². The fourth-order valence-corrected chi connectivity index (χ4v) is 8.24. The summed E-state index contributed by atoms with van der Waals surface area (Å²) in [5, 5.41) is 3.37. The Labute approximate surface area is 263 Å². The molecule has 4 aromatic rings. The molecular weight excluding hydrogens is 595 g/mol. The molecule has 3 aromatic carbocycles. The molecule has 0 bridgehead atoms. The first-order valence-electron chi connectivity index (χ1n) is 14.7. The van der Waals surface area contributed by atoms with Crippen LogP contribution in [0.1, 0.15) is 63.1 Å². The van der Waals surface area contributed by atoms with Crippen LogP contribution >= 0.6 is 11.3 Å². The number of carbonyl (C=O) groups is 2. The summed E-state index contributed by atoms with van der Waals surface area (Å²) in [6.07, 6.45) is 0.671. The zero-order valence-corrected chi connectivity index (χ0v) is 26.8. The van der Waals surface area contributed by atoms with Crippen LogP contribution in [0.4, 0.5) is 5.00 Å². The van der Waals surface area contributed by atoms with Gasteiger partial charge in [-0.15, -0.1) is 11.3 Å². The van der Waals surface area contributed by atoms with Gasteiger partial charge in [0.2, 0.25) is 10.0 Å². The molecule has 0 atom stereocenters. The van der Waals surface area contributed by atoms with Crippen LogP contribution in [0.25, 0.3) is 0 Å². The predicted octanol–water partition coefficient (Wildman–Crippen LogP) is 6.33. The standard InChI is InChI=1S/C34H37N3O5S2/c1-4-42-34(39)31-29-19-20-36(21-25-11-7-5-8-12-25)23-30(29)43-33(31)35-32(38)27-15-17-28(18-16-27)44(40,41)37(24(2)3)22-26-13-9-6-10-14-26/h5-18,24H,4,19-23H2,1-3H3,(H,35,38). The monoisotopic (exact) mass is 631 g/mol. The van der Waals surface area contributed by atoms with E-state index >= 15 is 0 Å². The van der Waals surface area contributed by atoms with E-state index < -0.39 is 21.9 Å². The maximum absolute atomic E-state index is 13.6. The number of rotatable bonds is 11. The van der Waals surface area contributed by atoms with Crippen molar-refractivity contribution in [3.8, 4) is 0 Å². The molecular formula is C34H37N3O5S2. The fourth-order valence-electron chi connectivity index (χ4n) is 5.34. The summed E-state index contributed by atoms with van der Waals surface area (Å²) in [4.78, 5) is 29.9. The highest BCUT2D eigenvalue weighted by Crippen LogP contribution is 2.38. The summed E-state index contributed by atoms with van der Waals surface area (Å²) in [6, 6.07) is 25.3. The lowest BCUT2D eigenvalue weighted by molar-refractivity contribution is 0.0526. The highest BCUT2D eigenvalue weighted by molar-refractivity contribution is 7.89. The number of amides is 1. The minimum atomic E-state index is -3.82. The van der Waals surface area contributed by atoms with Gasteiger partial charge in [0, 0.05) is 42.7 Å². The van der Waals surface area contributed by atoms with Crippen molar-refractivity contribution in [3.05, 3.63) is 118 Å². The van der Waals surface area contributed by atoms with Gasteiger partial charge < -0.3 is 10.1 Å². The molecule has 230 valence electrons. The lowest BCUT2D eigenvalue weighted by Gasteiger charge is -2.27. The van der Waals surface area contributed by atoms with E-state index in [1.54, 1.807) is 6.92 Å². The second kappa shape index (κ2) is 13.9. The Morgan fingerprint density at radius 2 is 1.59 bits per heavy atom. The maximum Gasteiger partial charge on any atom is 0.341 e. The van der Waals surface area contributed by atoms with Gasteiger partial charge in [0.1, 0.15) is 5.00 Å². The van der Waals surface area contributed by atoms with Crippen LogP contribution in [0.5, 0.6) is 0 Å². The van der Waals surface area contributed by atoms with E-state index in [-0.39, 0.29) is 29.7 Å². The summed E-state index contributed by atoms with van der Waals surface area (Å²) in [5.41, 5.74) is 3.72. The predicted molar refractivity (Wildman–Crippen MR) is 173 cm³/mol. The number of anilines is 1. The molecule has 0 saturated carbocycles. The van der Waals surface area contributed by atoms with Crippen molar-refractivity contribution in [2.75, 3.05) is 18.5 Å². The Morgan fingerprint density at radius 1 is 0.955 bits per heavy atom. The van der Waals surface area contributed by atoms with E-state index in [4.69, 9.17) is 4.74 Å². The quantitative estimate of drug-likeness (QED) is 0.194. The lowest BCUT2D eigenvalue weighted by atomic mass is 10.0. The number of carbonyl (C=O) groups excluding carboxylic acids is 2. The zero-order valence-electron chi connectivity index (χ0n) is 25.2. The SMILES string of the molecule is CCOC(=O)c1c(NC(=O)c2ccc(S(=O)(=O)N(Cc3ccccc3)C(C)C)cc2)sc2c1CCN(Cc1ccccc1)C2. The molecule has 0 aliphatic carbocycles. The van der Waals surface area contributed by atoms with Crippen LogP contribution in [0.3, 0.4) is 0 Å². The third-order valence-corrected chi connectivity index (χ3v) is 10.7. The Hall–Kier alpha value is -3.83. The highest BCUT2D eigenvalue weighted by Gasteiger charge is 2.31. The van der Waals surface area contributed by atoms with Crippen molar-refractivity contribution < 1.29 is 22.7 Å². The largest absolute Gasteiger partial charge is 0.462 e. The molecule has 0 fully saturated rings. The molecule has 0 radical (unpaired) electrons. The van der Waals surface area contributed by atoms with Gasteiger partial charge in [0.05, 0.1) is 17.1 Å². The van der Waals surface area contributed by atoms with Crippen molar-refractivity contribution in [3.63, 3.8) is 0 Å². The van der Waals surface area contributed by atoms with Gasteiger partial charge in [0.15, 0.2) is 0 Å². The van der Waals surface area contributed by atoms with Gasteiger partial charge in [-0.1, -0.05) is 60.7 Å². The Bertz CT molecular complexity index is 1700. The number of fused-ring (bicyclic) bond motifs is 1. The van der Waals surface area contributed by atoms with E-state index in [0.717, 1.165) is 29.1 Å². The number of nitrogens with zero attached hydrogens (tertiary/aromatic N) is 2. The van der Waals surface area contributed by atoms with Gasteiger partial charge >= 0.3 is 5.97 Å². The van der Waals surface area contributed by atoms with Gasteiger partial charge in [-0.05, 0) is 68.1 Å². The molecule has 1 N–H and O–H groups in total. The van der Waals surface area contributed by atoms with E-state index in [1.165, 1.54) is 45.5 Å². The molecule has 1 aromatic heterocycles. The van der Waals surface area contributed by atoms with Crippen molar-refractivity contribution in [2.45, 2.75) is 57.8 Å². The van der Waals surface area contributed by atoms with Crippen molar-refractivity contribution in [1.29, 1.82) is 0 Å². The number of thiophene rings is 1. The first kappa shape index (κ1) is 31.6. The molecule has 1 amide bonds. The maximum atomic E-state index is 13.6. The fraction of sp³-hybridized carbons (Fsp3) is 0.294. The summed E-state index contributed by atoms with van der Waals surface area (Å²) in [6.45, 7) is 8.15. The van der Waals surface area contributed by atoms with Crippen LogP contribution in [0.15, 0.2) is 89.8 Å². The number of hydrogen-bond donors (Lipinski definition) is 1. The first-order valence-corrected chi connectivity index (χ1v) is 17.0. The summed E-state index contributed by atoms with van der Waals surface area (Å²) < 4.78 is 33.9. The molecule has 1 aliphatic heterocycles. The van der Waals surface area contributed by atoms with Crippen molar-refractivity contribution >= 4 is 38.2 Å². The van der Waals surface area contributed by atoms with Gasteiger partial charge in [-0.3, -0.25) is 9.69 Å². The molecule has 10 heteroatoms. The van der Waals surface area contributed by atoms with Crippen molar-refractivity contribution in [1.82, 2.24) is 9.21 Å². The number of ether oxygens (including phenoxy) is 1. The van der Waals surface area contributed by atoms with Crippen LogP contribution in [0.2, 0.25) is 0 Å². The van der Waals surface area contributed by atoms with Crippen LogP contribution in [-0.4, -0.2) is 48.7 Å². The average Bonchev–Trinajstić information content (AvgIpc) is 3.37. The molecule has 8 nitrogen and oxygen atoms in total. The average molecular weight is 632 g/mol. The second-order valence-corrected chi connectivity index (χ2v) is 14.0. The zero-order chi connectivity index (χ0) is 31.3. The third-order valence-electron chi connectivity index (χ3n) is 7.57. The first-order chi connectivity index (χ1) is 21.2. The lowest BCUT2D eigenvalue weighted by Crippen LogP contribution is -2.36. The van der Waals surface area contributed by atoms with E-state index in [0.29, 0.717) is 23.5 Å². The molecule has 44 heavy (non-hydrogen) atoms. The highest BCUT2D eigenvalue weighted by atomic mass is 32.2. The number of benzene rings is 3. The molecule has 0 saturated heterocycles. The number of esters is 1. The van der Waals surface area contributed by atoms with Crippen LogP contribution in [0, 0.1) is 0 Å². The molecule has 0 spiro atoms. The summed E-state index contributed by atoms with van der Waals surface area (Å²) >= 11 is 1.39. The molecule has 0 unspecified atom stereocenters. The topological polar surface area (TPSA) is 96.0 Å².